The minimum Gasteiger partial charge on any atom is -0.490 e. The fraction of sp³-hybridized carbons (Fsp3) is 0.0833. The number of ether oxygens (including phenoxy) is 2. The fourth-order valence-corrected chi connectivity index (χ4v) is 1.42. The zero-order valence-corrected chi connectivity index (χ0v) is 10.3. The molecule has 0 aliphatic rings. The average molecular weight is 272 g/mol. The molecule has 20 heavy (non-hydrogen) atoms. The number of nitro groups is 1. The molecule has 0 bridgehead atoms. The van der Waals surface area contributed by atoms with Crippen molar-refractivity contribution in [2.24, 2.45) is 0 Å². The van der Waals surface area contributed by atoms with E-state index in [1.807, 2.05) is 6.07 Å². The van der Waals surface area contributed by atoms with Gasteiger partial charge in [0.2, 0.25) is 5.88 Å². The minimum atomic E-state index is -0.573. The molecule has 2 aromatic rings. The maximum absolute atomic E-state index is 10.9. The molecule has 1 aromatic heterocycles. The van der Waals surface area contributed by atoms with E-state index in [9.17, 15) is 10.1 Å². The molecule has 0 aliphatic carbocycles. The lowest BCUT2D eigenvalue weighted by molar-refractivity contribution is -0.385. The third kappa shape index (κ3) is 2.78. The van der Waals surface area contributed by atoms with E-state index in [0.29, 0.717) is 0 Å². The van der Waals surface area contributed by atoms with Crippen molar-refractivity contribution in [2.45, 2.75) is 0 Å². The summed E-state index contributed by atoms with van der Waals surface area (Å²) in [5, 5.41) is 19.5. The van der Waals surface area contributed by atoms with Crippen LogP contribution in [-0.4, -0.2) is 22.0 Å². The summed E-state index contributed by atoms with van der Waals surface area (Å²) >= 11 is 0. The number of nitriles is 1. The van der Waals surface area contributed by atoms with Gasteiger partial charge in [0.05, 0.1) is 30.5 Å². The van der Waals surface area contributed by atoms with Gasteiger partial charge in [-0.15, -0.1) is 0 Å². The molecule has 0 aliphatic heterocycles. The molecule has 0 amide bonds. The van der Waals surface area contributed by atoms with Gasteiger partial charge in [-0.25, -0.2) is 9.97 Å². The van der Waals surface area contributed by atoms with Crippen LogP contribution in [-0.2, 0) is 0 Å². The van der Waals surface area contributed by atoms with Gasteiger partial charge in [0.1, 0.15) is 11.8 Å². The second-order valence-electron chi connectivity index (χ2n) is 3.54. The second kappa shape index (κ2) is 5.62. The third-order valence-electron chi connectivity index (χ3n) is 2.31. The Morgan fingerprint density at radius 1 is 1.35 bits per heavy atom. The van der Waals surface area contributed by atoms with Crippen molar-refractivity contribution in [3.05, 3.63) is 46.4 Å². The number of rotatable bonds is 4. The van der Waals surface area contributed by atoms with Gasteiger partial charge in [-0.05, 0) is 12.1 Å². The highest BCUT2D eigenvalue weighted by atomic mass is 16.6. The number of nitrogens with zero attached hydrogens (tertiary/aromatic N) is 4. The van der Waals surface area contributed by atoms with E-state index in [0.717, 1.165) is 0 Å². The summed E-state index contributed by atoms with van der Waals surface area (Å²) in [6, 6.07) is 5.97. The first-order valence-corrected chi connectivity index (χ1v) is 5.36. The van der Waals surface area contributed by atoms with Gasteiger partial charge in [-0.2, -0.15) is 5.26 Å². The van der Waals surface area contributed by atoms with Crippen LogP contribution in [0.15, 0.2) is 30.6 Å². The molecule has 0 saturated carbocycles. The molecule has 8 heteroatoms. The first-order chi connectivity index (χ1) is 9.63. The summed E-state index contributed by atoms with van der Waals surface area (Å²) in [5.74, 6) is 0.480. The Bertz CT molecular complexity index is 679. The van der Waals surface area contributed by atoms with E-state index >= 15 is 0 Å². The van der Waals surface area contributed by atoms with Crippen molar-refractivity contribution in [1.82, 2.24) is 9.97 Å². The van der Waals surface area contributed by atoms with Crippen molar-refractivity contribution in [3.63, 3.8) is 0 Å². The first-order valence-electron chi connectivity index (χ1n) is 5.36. The van der Waals surface area contributed by atoms with Gasteiger partial charge in [0, 0.05) is 0 Å². The van der Waals surface area contributed by atoms with Gasteiger partial charge in [-0.3, -0.25) is 10.1 Å². The molecule has 0 spiro atoms. The van der Waals surface area contributed by atoms with E-state index < -0.39 is 4.92 Å². The summed E-state index contributed by atoms with van der Waals surface area (Å²) in [4.78, 5) is 17.9. The van der Waals surface area contributed by atoms with Crippen LogP contribution in [0.3, 0.4) is 0 Å². The maximum Gasteiger partial charge on any atom is 0.314 e. The van der Waals surface area contributed by atoms with Crippen LogP contribution in [0, 0.1) is 21.4 Å². The zero-order valence-electron chi connectivity index (χ0n) is 10.3. The Hall–Kier alpha value is -3.21. The number of methoxy groups -OCH3 is 1. The van der Waals surface area contributed by atoms with E-state index in [1.165, 1.54) is 37.7 Å². The van der Waals surface area contributed by atoms with Gasteiger partial charge in [0.25, 0.3) is 0 Å². The predicted molar refractivity (Wildman–Crippen MR) is 66.5 cm³/mol. The molecule has 0 fully saturated rings. The summed E-state index contributed by atoms with van der Waals surface area (Å²) in [6.45, 7) is 0. The van der Waals surface area contributed by atoms with Crippen molar-refractivity contribution in [3.8, 4) is 23.4 Å². The van der Waals surface area contributed by atoms with Crippen molar-refractivity contribution in [2.75, 3.05) is 7.11 Å². The van der Waals surface area contributed by atoms with Crippen LogP contribution in [0.1, 0.15) is 5.69 Å². The second-order valence-corrected chi connectivity index (χ2v) is 3.54. The highest BCUT2D eigenvalue weighted by molar-refractivity contribution is 5.51. The van der Waals surface area contributed by atoms with E-state index in [2.05, 4.69) is 9.97 Å². The van der Waals surface area contributed by atoms with Crippen molar-refractivity contribution < 1.29 is 14.4 Å². The number of nitro benzene ring substituents is 1. The molecule has 1 heterocycles. The van der Waals surface area contributed by atoms with Crippen LogP contribution in [0.25, 0.3) is 0 Å². The summed E-state index contributed by atoms with van der Waals surface area (Å²) in [6.07, 6.45) is 2.50. The van der Waals surface area contributed by atoms with Gasteiger partial charge < -0.3 is 9.47 Å². The largest absolute Gasteiger partial charge is 0.490 e. The molecule has 0 radical (unpaired) electrons. The standard InChI is InChI=1S/C12H8N4O4/c1-19-11-3-2-9(4-10(11)16(17)18)20-12-7-14-8(5-13)6-15-12/h2-4,6-7H,1H3. The molecule has 100 valence electrons. The molecule has 8 nitrogen and oxygen atoms in total. The molecule has 1 aromatic carbocycles. The van der Waals surface area contributed by atoms with Gasteiger partial charge in [0.15, 0.2) is 11.4 Å². The first kappa shape index (κ1) is 13.2. The molecule has 0 unspecified atom stereocenters. The summed E-state index contributed by atoms with van der Waals surface area (Å²) in [5.41, 5.74) is -0.0651. The summed E-state index contributed by atoms with van der Waals surface area (Å²) < 4.78 is 10.2. The van der Waals surface area contributed by atoms with Gasteiger partial charge >= 0.3 is 5.69 Å². The van der Waals surface area contributed by atoms with Crippen molar-refractivity contribution in [1.29, 1.82) is 5.26 Å². The molecular formula is C12H8N4O4. The number of hydrogen-bond donors (Lipinski definition) is 0. The smallest absolute Gasteiger partial charge is 0.314 e. The predicted octanol–water partition coefficient (Wildman–Crippen LogP) is 2.06. The Labute approximate surface area is 113 Å². The molecular weight excluding hydrogens is 264 g/mol. The van der Waals surface area contributed by atoms with Crippen LogP contribution < -0.4 is 9.47 Å². The monoisotopic (exact) mass is 272 g/mol. The lowest BCUT2D eigenvalue weighted by atomic mass is 10.3. The topological polar surface area (TPSA) is 111 Å². The number of benzene rings is 1. The lowest BCUT2D eigenvalue weighted by Crippen LogP contribution is -1.95. The summed E-state index contributed by atoms with van der Waals surface area (Å²) in [7, 11) is 1.34. The van der Waals surface area contributed by atoms with E-state index in [-0.39, 0.29) is 28.8 Å². The quantitative estimate of drug-likeness (QED) is 0.618. The Morgan fingerprint density at radius 3 is 2.70 bits per heavy atom. The Balaban J connectivity index is 2.27. The zero-order chi connectivity index (χ0) is 14.5. The number of hydrogen-bond acceptors (Lipinski definition) is 7. The number of aromatic nitrogens is 2. The van der Waals surface area contributed by atoms with Crippen LogP contribution >= 0.6 is 0 Å². The fourth-order valence-electron chi connectivity index (χ4n) is 1.42. The molecule has 0 atom stereocenters. The van der Waals surface area contributed by atoms with Crippen LogP contribution in [0.4, 0.5) is 5.69 Å². The highest BCUT2D eigenvalue weighted by Crippen LogP contribution is 2.32. The maximum atomic E-state index is 10.9. The van der Waals surface area contributed by atoms with Crippen LogP contribution in [0.5, 0.6) is 17.4 Å². The SMILES string of the molecule is COc1ccc(Oc2cnc(C#N)cn2)cc1[N+](=O)[O-]. The van der Waals surface area contributed by atoms with E-state index in [1.54, 1.807) is 0 Å². The molecule has 0 saturated heterocycles. The highest BCUT2D eigenvalue weighted by Gasteiger charge is 2.16. The third-order valence-corrected chi connectivity index (χ3v) is 2.31. The van der Waals surface area contributed by atoms with Gasteiger partial charge in [-0.1, -0.05) is 0 Å². The lowest BCUT2D eigenvalue weighted by Gasteiger charge is -2.06. The Morgan fingerprint density at radius 2 is 2.15 bits per heavy atom. The normalized spacial score (nSPS) is 9.60. The molecule has 0 N–H and O–H groups in total. The van der Waals surface area contributed by atoms with Crippen molar-refractivity contribution >= 4 is 5.69 Å². The average Bonchev–Trinajstić information content (AvgIpc) is 2.48. The van der Waals surface area contributed by atoms with Crippen LogP contribution in [0.2, 0.25) is 0 Å². The Kier molecular flexibility index (Phi) is 3.72. The van der Waals surface area contributed by atoms with E-state index in [4.69, 9.17) is 14.7 Å². The molecule has 2 rings (SSSR count). The minimum absolute atomic E-state index is 0.128.